The smallest absolute Gasteiger partial charge is 0.256 e. The van der Waals surface area contributed by atoms with E-state index >= 15 is 0 Å². The van der Waals surface area contributed by atoms with E-state index in [-0.39, 0.29) is 5.95 Å². The Hall–Kier alpha value is -2.16. The number of halogens is 1. The largest absolute Gasteiger partial charge is 0.292 e. The number of nitrogens with two attached hydrogens (primary N) is 1. The van der Waals surface area contributed by atoms with Gasteiger partial charge in [-0.15, -0.1) is 0 Å². The molecule has 0 saturated carbocycles. The van der Waals surface area contributed by atoms with E-state index in [0.29, 0.717) is 16.1 Å². The van der Waals surface area contributed by atoms with Crippen molar-refractivity contribution >= 4 is 29.3 Å². The zero-order chi connectivity index (χ0) is 14.7. The summed E-state index contributed by atoms with van der Waals surface area (Å²) in [5.41, 5.74) is 2.42. The number of nitrogen functional groups attached to an aromatic ring is 1. The van der Waals surface area contributed by atoms with Crippen molar-refractivity contribution in [3.05, 3.63) is 47.7 Å². The molecule has 0 atom stereocenters. The molecule has 0 aliphatic rings. The quantitative estimate of drug-likeness (QED) is 0.562. The Balaban J connectivity index is 1.96. The van der Waals surface area contributed by atoms with E-state index in [2.05, 4.69) is 25.5 Å². The standard InChI is InChI=1S/C12H10ClN7S/c13-8-3-1-4-9(7-8)21-12-17-10(19-14)16-11(18-12)20-6-2-5-15-20/h1-7H,14H2,(H,16,17,18,19). The number of nitrogens with zero attached hydrogens (tertiary/aromatic N) is 5. The summed E-state index contributed by atoms with van der Waals surface area (Å²) in [4.78, 5) is 13.6. The highest BCUT2D eigenvalue weighted by Gasteiger charge is 2.09. The molecular formula is C12H10ClN7S. The van der Waals surface area contributed by atoms with Crippen molar-refractivity contribution in [3.8, 4) is 5.95 Å². The first-order valence-electron chi connectivity index (χ1n) is 5.91. The third-order valence-electron chi connectivity index (χ3n) is 2.45. The van der Waals surface area contributed by atoms with Gasteiger partial charge in [0.15, 0.2) is 5.16 Å². The topological polar surface area (TPSA) is 94.5 Å². The number of rotatable bonds is 4. The Bertz CT molecular complexity index is 747. The van der Waals surface area contributed by atoms with E-state index in [1.165, 1.54) is 16.4 Å². The summed E-state index contributed by atoms with van der Waals surface area (Å²) in [5, 5.41) is 5.23. The number of benzene rings is 1. The van der Waals surface area contributed by atoms with Gasteiger partial charge in [0.2, 0.25) is 5.95 Å². The van der Waals surface area contributed by atoms with Crippen molar-refractivity contribution in [2.75, 3.05) is 5.43 Å². The van der Waals surface area contributed by atoms with E-state index in [0.717, 1.165) is 4.90 Å². The summed E-state index contributed by atoms with van der Waals surface area (Å²) in [7, 11) is 0. The lowest BCUT2D eigenvalue weighted by atomic mass is 10.4. The number of hydrazine groups is 1. The Kier molecular flexibility index (Phi) is 4.00. The molecule has 0 radical (unpaired) electrons. The number of nitrogens with one attached hydrogen (secondary N) is 1. The fourth-order valence-electron chi connectivity index (χ4n) is 1.58. The highest BCUT2D eigenvalue weighted by Crippen LogP contribution is 2.27. The molecular weight excluding hydrogens is 310 g/mol. The third-order valence-corrected chi connectivity index (χ3v) is 3.54. The number of anilines is 1. The van der Waals surface area contributed by atoms with Gasteiger partial charge >= 0.3 is 0 Å². The van der Waals surface area contributed by atoms with Gasteiger partial charge < -0.3 is 0 Å². The van der Waals surface area contributed by atoms with Crippen LogP contribution in [0, 0.1) is 0 Å². The van der Waals surface area contributed by atoms with Crippen molar-refractivity contribution < 1.29 is 0 Å². The van der Waals surface area contributed by atoms with Crippen LogP contribution in [0.3, 0.4) is 0 Å². The molecule has 3 rings (SSSR count). The molecule has 0 saturated heterocycles. The van der Waals surface area contributed by atoms with Gasteiger partial charge in [0, 0.05) is 22.3 Å². The molecule has 0 aliphatic carbocycles. The predicted octanol–water partition coefficient (Wildman–Crippen LogP) is 2.15. The van der Waals surface area contributed by atoms with Crippen LogP contribution in [0.15, 0.2) is 52.8 Å². The van der Waals surface area contributed by atoms with Crippen LogP contribution in [0.4, 0.5) is 5.95 Å². The van der Waals surface area contributed by atoms with E-state index < -0.39 is 0 Å². The molecule has 0 bridgehead atoms. The van der Waals surface area contributed by atoms with Gasteiger partial charge in [-0.3, -0.25) is 5.43 Å². The van der Waals surface area contributed by atoms with Gasteiger partial charge in [0.05, 0.1) is 0 Å². The Morgan fingerprint density at radius 3 is 2.81 bits per heavy atom. The summed E-state index contributed by atoms with van der Waals surface area (Å²) in [6.07, 6.45) is 3.38. The lowest BCUT2D eigenvalue weighted by Gasteiger charge is -2.06. The highest BCUT2D eigenvalue weighted by molar-refractivity contribution is 7.99. The van der Waals surface area contributed by atoms with Crippen LogP contribution in [0.1, 0.15) is 0 Å². The average Bonchev–Trinajstić information content (AvgIpc) is 3.01. The summed E-state index contributed by atoms with van der Waals surface area (Å²) < 4.78 is 1.53. The van der Waals surface area contributed by atoms with E-state index in [9.17, 15) is 0 Å². The maximum atomic E-state index is 5.97. The summed E-state index contributed by atoms with van der Waals surface area (Å²) in [6.45, 7) is 0. The van der Waals surface area contributed by atoms with Crippen molar-refractivity contribution in [1.82, 2.24) is 24.7 Å². The summed E-state index contributed by atoms with van der Waals surface area (Å²) in [6, 6.07) is 9.20. The Morgan fingerprint density at radius 1 is 1.19 bits per heavy atom. The molecule has 0 fully saturated rings. The molecule has 7 nitrogen and oxygen atoms in total. The molecule has 1 aromatic carbocycles. The normalized spacial score (nSPS) is 10.6. The van der Waals surface area contributed by atoms with E-state index in [4.69, 9.17) is 17.4 Å². The summed E-state index contributed by atoms with van der Waals surface area (Å²) >= 11 is 7.33. The van der Waals surface area contributed by atoms with Gasteiger partial charge in [-0.05, 0) is 36.0 Å². The van der Waals surface area contributed by atoms with Gasteiger partial charge in [0.1, 0.15) is 0 Å². The van der Waals surface area contributed by atoms with Crippen molar-refractivity contribution in [2.24, 2.45) is 5.84 Å². The monoisotopic (exact) mass is 319 g/mol. The molecule has 2 aromatic heterocycles. The molecule has 0 spiro atoms. The fourth-order valence-corrected chi connectivity index (χ4v) is 2.64. The molecule has 3 N–H and O–H groups in total. The maximum absolute atomic E-state index is 5.97. The molecule has 3 aromatic rings. The van der Waals surface area contributed by atoms with Crippen molar-refractivity contribution in [3.63, 3.8) is 0 Å². The van der Waals surface area contributed by atoms with Crippen LogP contribution in [-0.2, 0) is 0 Å². The second kappa shape index (κ2) is 6.08. The number of hydrogen-bond donors (Lipinski definition) is 2. The Morgan fingerprint density at radius 2 is 2.10 bits per heavy atom. The lowest BCUT2D eigenvalue weighted by Crippen LogP contribution is -2.14. The van der Waals surface area contributed by atoms with Crippen LogP contribution in [0.5, 0.6) is 0 Å². The first-order valence-corrected chi connectivity index (χ1v) is 7.10. The lowest BCUT2D eigenvalue weighted by molar-refractivity contribution is 0.760. The minimum Gasteiger partial charge on any atom is -0.292 e. The molecule has 9 heteroatoms. The molecule has 2 heterocycles. The van der Waals surface area contributed by atoms with Gasteiger partial charge in [-0.2, -0.15) is 20.1 Å². The van der Waals surface area contributed by atoms with E-state index in [1.54, 1.807) is 24.5 Å². The fraction of sp³-hybridized carbons (Fsp3) is 0. The summed E-state index contributed by atoms with van der Waals surface area (Å²) in [5.74, 6) is 6.04. The second-order valence-electron chi connectivity index (χ2n) is 3.90. The first kappa shape index (κ1) is 13.8. The number of aromatic nitrogens is 5. The van der Waals surface area contributed by atoms with Gasteiger partial charge in [-0.25, -0.2) is 10.5 Å². The third kappa shape index (κ3) is 3.30. The van der Waals surface area contributed by atoms with Crippen molar-refractivity contribution in [2.45, 2.75) is 10.1 Å². The minimum absolute atomic E-state index is 0.264. The van der Waals surface area contributed by atoms with E-state index in [1.807, 2.05) is 18.2 Å². The zero-order valence-corrected chi connectivity index (χ0v) is 12.2. The zero-order valence-electron chi connectivity index (χ0n) is 10.6. The Labute approximate surface area is 129 Å². The molecule has 0 aliphatic heterocycles. The SMILES string of the molecule is NNc1nc(Sc2cccc(Cl)c2)nc(-n2cccn2)n1. The predicted molar refractivity (Wildman–Crippen MR) is 80.3 cm³/mol. The average molecular weight is 320 g/mol. The highest BCUT2D eigenvalue weighted by atomic mass is 35.5. The van der Waals surface area contributed by atoms with Crippen molar-refractivity contribution in [1.29, 1.82) is 0 Å². The minimum atomic E-state index is 0.264. The molecule has 21 heavy (non-hydrogen) atoms. The molecule has 0 unspecified atom stereocenters. The van der Waals surface area contributed by atoms with Crippen LogP contribution >= 0.6 is 23.4 Å². The van der Waals surface area contributed by atoms with Crippen LogP contribution in [-0.4, -0.2) is 24.7 Å². The molecule has 106 valence electrons. The molecule has 0 amide bonds. The van der Waals surface area contributed by atoms with Crippen LogP contribution in [0.25, 0.3) is 5.95 Å². The number of hydrogen-bond acceptors (Lipinski definition) is 7. The van der Waals surface area contributed by atoms with Crippen LogP contribution in [0.2, 0.25) is 5.02 Å². The first-order chi connectivity index (χ1) is 10.2. The second-order valence-corrected chi connectivity index (χ2v) is 5.37. The maximum Gasteiger partial charge on any atom is 0.256 e. The van der Waals surface area contributed by atoms with Gasteiger partial charge in [0.25, 0.3) is 5.95 Å². The van der Waals surface area contributed by atoms with Gasteiger partial charge in [-0.1, -0.05) is 17.7 Å². The van der Waals surface area contributed by atoms with Crippen LogP contribution < -0.4 is 11.3 Å².